The van der Waals surface area contributed by atoms with E-state index in [0.29, 0.717) is 25.1 Å². The molecule has 0 spiro atoms. The SMILES string of the molecule is NC(=O)[C@@H]1CCCN1C(=O)[C@H](Cc1cnc[nH]1)NC(=O)C1CC(=O)N(CCO)C(=O)N1. The highest BCUT2D eigenvalue weighted by Gasteiger charge is 2.40. The van der Waals surface area contributed by atoms with Gasteiger partial charge in [-0.15, -0.1) is 0 Å². The number of carbonyl (C=O) groups is 5. The van der Waals surface area contributed by atoms with E-state index in [0.717, 1.165) is 4.90 Å². The van der Waals surface area contributed by atoms with Crippen molar-refractivity contribution in [1.82, 2.24) is 30.4 Å². The Morgan fingerprint density at radius 2 is 2.13 bits per heavy atom. The van der Waals surface area contributed by atoms with Crippen molar-refractivity contribution in [3.63, 3.8) is 0 Å². The number of amides is 6. The van der Waals surface area contributed by atoms with Gasteiger partial charge in [0.2, 0.25) is 23.6 Å². The normalized spacial score (nSPS) is 22.2. The van der Waals surface area contributed by atoms with Crippen LogP contribution in [0.4, 0.5) is 4.79 Å². The molecule has 1 aromatic heterocycles. The molecule has 3 heterocycles. The lowest BCUT2D eigenvalue weighted by atomic mass is 10.1. The van der Waals surface area contributed by atoms with E-state index in [9.17, 15) is 24.0 Å². The summed E-state index contributed by atoms with van der Waals surface area (Å²) in [6.07, 6.45) is 3.74. The summed E-state index contributed by atoms with van der Waals surface area (Å²) in [5, 5.41) is 13.9. The fraction of sp³-hybridized carbons (Fsp3) is 0.556. The lowest BCUT2D eigenvalue weighted by molar-refractivity contribution is -0.141. The summed E-state index contributed by atoms with van der Waals surface area (Å²) < 4.78 is 0. The Balaban J connectivity index is 1.73. The lowest BCUT2D eigenvalue weighted by Crippen LogP contribution is -2.62. The molecule has 2 aliphatic heterocycles. The average molecular weight is 435 g/mol. The van der Waals surface area contributed by atoms with Gasteiger partial charge in [0.1, 0.15) is 18.1 Å². The van der Waals surface area contributed by atoms with Crippen LogP contribution in [0.1, 0.15) is 25.0 Å². The van der Waals surface area contributed by atoms with Gasteiger partial charge in [0.15, 0.2) is 0 Å². The van der Waals surface area contributed by atoms with E-state index in [-0.39, 0.29) is 19.4 Å². The number of hydrogen-bond donors (Lipinski definition) is 5. The van der Waals surface area contributed by atoms with Gasteiger partial charge < -0.3 is 31.4 Å². The average Bonchev–Trinajstić information content (AvgIpc) is 3.41. The summed E-state index contributed by atoms with van der Waals surface area (Å²) in [4.78, 5) is 70.8. The number of aliphatic hydroxyl groups is 1. The summed E-state index contributed by atoms with van der Waals surface area (Å²) in [5.74, 6) is -2.42. The monoisotopic (exact) mass is 435 g/mol. The summed E-state index contributed by atoms with van der Waals surface area (Å²) in [7, 11) is 0. The topological polar surface area (TPSA) is 191 Å². The number of aliphatic hydroxyl groups excluding tert-OH is 1. The molecule has 1 unspecified atom stereocenters. The number of H-pyrrole nitrogens is 1. The molecular weight excluding hydrogens is 410 g/mol. The molecule has 13 heteroatoms. The maximum absolute atomic E-state index is 13.1. The van der Waals surface area contributed by atoms with Crippen LogP contribution in [0.3, 0.4) is 0 Å². The van der Waals surface area contributed by atoms with E-state index in [1.165, 1.54) is 17.4 Å². The Morgan fingerprint density at radius 3 is 2.74 bits per heavy atom. The lowest BCUT2D eigenvalue weighted by Gasteiger charge is -2.32. The van der Waals surface area contributed by atoms with E-state index in [1.807, 2.05) is 0 Å². The second-order valence-electron chi connectivity index (χ2n) is 7.41. The molecule has 6 amide bonds. The number of hydrogen-bond acceptors (Lipinski definition) is 7. The molecule has 0 radical (unpaired) electrons. The number of carbonyl (C=O) groups excluding carboxylic acids is 5. The number of aromatic nitrogens is 2. The quantitative estimate of drug-likeness (QED) is 0.291. The summed E-state index contributed by atoms with van der Waals surface area (Å²) >= 11 is 0. The van der Waals surface area contributed by atoms with Crippen LogP contribution in [0.5, 0.6) is 0 Å². The maximum Gasteiger partial charge on any atom is 0.324 e. The van der Waals surface area contributed by atoms with Crippen LogP contribution in [0.25, 0.3) is 0 Å². The molecule has 0 aliphatic carbocycles. The first-order valence-electron chi connectivity index (χ1n) is 9.91. The third kappa shape index (κ3) is 4.99. The zero-order chi connectivity index (χ0) is 22.5. The van der Waals surface area contributed by atoms with Gasteiger partial charge in [-0.2, -0.15) is 0 Å². The third-order valence-corrected chi connectivity index (χ3v) is 5.32. The number of nitrogens with two attached hydrogens (primary N) is 1. The fourth-order valence-corrected chi connectivity index (χ4v) is 3.78. The highest BCUT2D eigenvalue weighted by Crippen LogP contribution is 2.19. The number of aromatic amines is 1. The zero-order valence-corrected chi connectivity index (χ0v) is 16.7. The molecule has 3 atom stereocenters. The van der Waals surface area contributed by atoms with Crippen molar-refractivity contribution in [2.75, 3.05) is 19.7 Å². The molecule has 0 aromatic carbocycles. The van der Waals surface area contributed by atoms with Crippen molar-refractivity contribution < 1.29 is 29.1 Å². The first-order valence-corrected chi connectivity index (χ1v) is 9.91. The van der Waals surface area contributed by atoms with Gasteiger partial charge in [0, 0.05) is 24.9 Å². The molecule has 31 heavy (non-hydrogen) atoms. The van der Waals surface area contributed by atoms with Crippen LogP contribution in [0.15, 0.2) is 12.5 Å². The van der Waals surface area contributed by atoms with Crippen molar-refractivity contribution in [1.29, 1.82) is 0 Å². The second-order valence-corrected chi connectivity index (χ2v) is 7.41. The van der Waals surface area contributed by atoms with E-state index in [4.69, 9.17) is 10.8 Å². The van der Waals surface area contributed by atoms with Crippen LogP contribution < -0.4 is 16.4 Å². The fourth-order valence-electron chi connectivity index (χ4n) is 3.78. The number of likely N-dealkylation sites (tertiary alicyclic amines) is 1. The maximum atomic E-state index is 13.1. The first-order chi connectivity index (χ1) is 14.8. The highest BCUT2D eigenvalue weighted by molar-refractivity contribution is 6.03. The van der Waals surface area contributed by atoms with Crippen LogP contribution in [-0.2, 0) is 25.6 Å². The minimum Gasteiger partial charge on any atom is -0.395 e. The van der Waals surface area contributed by atoms with Crippen LogP contribution in [0.2, 0.25) is 0 Å². The number of urea groups is 1. The number of β-amino-alcohol motifs (C(OH)–C–C–N with tert-alkyl or cyclic N) is 1. The van der Waals surface area contributed by atoms with E-state index in [2.05, 4.69) is 20.6 Å². The molecule has 2 saturated heterocycles. The number of imide groups is 1. The predicted molar refractivity (Wildman–Crippen MR) is 104 cm³/mol. The molecule has 168 valence electrons. The number of primary amides is 1. The molecule has 6 N–H and O–H groups in total. The van der Waals surface area contributed by atoms with Crippen molar-refractivity contribution in [2.45, 2.75) is 43.8 Å². The Morgan fingerprint density at radius 1 is 1.35 bits per heavy atom. The van der Waals surface area contributed by atoms with Gasteiger partial charge in [0.25, 0.3) is 0 Å². The van der Waals surface area contributed by atoms with Gasteiger partial charge in [-0.1, -0.05) is 0 Å². The third-order valence-electron chi connectivity index (χ3n) is 5.32. The van der Waals surface area contributed by atoms with E-state index in [1.54, 1.807) is 0 Å². The molecule has 1 aromatic rings. The summed E-state index contributed by atoms with van der Waals surface area (Å²) in [5.41, 5.74) is 5.98. The minimum atomic E-state index is -1.17. The molecule has 2 fully saturated rings. The van der Waals surface area contributed by atoms with Crippen molar-refractivity contribution in [3.8, 4) is 0 Å². The molecule has 13 nitrogen and oxygen atoms in total. The number of imidazole rings is 1. The molecule has 3 rings (SSSR count). The Labute approximate surface area is 177 Å². The second kappa shape index (κ2) is 9.55. The zero-order valence-electron chi connectivity index (χ0n) is 16.7. The van der Waals surface area contributed by atoms with Gasteiger partial charge >= 0.3 is 6.03 Å². The van der Waals surface area contributed by atoms with Gasteiger partial charge in [-0.25, -0.2) is 9.78 Å². The predicted octanol–water partition coefficient (Wildman–Crippen LogP) is -2.78. The largest absolute Gasteiger partial charge is 0.395 e. The van der Waals surface area contributed by atoms with Crippen LogP contribution in [0, 0.1) is 0 Å². The first kappa shape index (κ1) is 22.2. The number of rotatable bonds is 8. The number of nitrogens with zero attached hydrogens (tertiary/aromatic N) is 3. The Bertz CT molecular complexity index is 840. The van der Waals surface area contributed by atoms with E-state index < -0.39 is 54.4 Å². The Hall–Kier alpha value is -3.48. The van der Waals surface area contributed by atoms with Crippen molar-refractivity contribution in [2.24, 2.45) is 5.73 Å². The van der Waals surface area contributed by atoms with Crippen molar-refractivity contribution in [3.05, 3.63) is 18.2 Å². The van der Waals surface area contributed by atoms with Gasteiger partial charge in [-0.05, 0) is 12.8 Å². The molecule has 2 aliphatic rings. The summed E-state index contributed by atoms with van der Waals surface area (Å²) in [6.45, 7) is -0.242. The summed E-state index contributed by atoms with van der Waals surface area (Å²) in [6, 6.07) is -3.78. The smallest absolute Gasteiger partial charge is 0.324 e. The molecule has 0 bridgehead atoms. The highest BCUT2D eigenvalue weighted by atomic mass is 16.3. The Kier molecular flexibility index (Phi) is 6.84. The van der Waals surface area contributed by atoms with Crippen molar-refractivity contribution >= 4 is 29.7 Å². The minimum absolute atomic E-state index is 0.0673. The molecular formula is C18H25N7O6. The van der Waals surface area contributed by atoms with Crippen LogP contribution >= 0.6 is 0 Å². The van der Waals surface area contributed by atoms with Gasteiger partial charge in [-0.3, -0.25) is 24.1 Å². The van der Waals surface area contributed by atoms with Crippen LogP contribution in [-0.4, -0.2) is 92.4 Å². The van der Waals surface area contributed by atoms with E-state index >= 15 is 0 Å². The standard InChI is InChI=1S/C18H25N7O6/c19-15(28)13-2-1-3-24(13)17(30)12(6-10-8-20-9-21-10)22-16(29)11-7-14(27)25(4-5-26)18(31)23-11/h8-9,11-13,26H,1-7H2,(H2,19,28)(H,20,21)(H,22,29)(H,23,31)/t11?,12-,13-/m0/s1. The van der Waals surface area contributed by atoms with Gasteiger partial charge in [0.05, 0.1) is 25.9 Å². The molecule has 0 saturated carbocycles. The number of nitrogens with one attached hydrogen (secondary N) is 3.